The van der Waals surface area contributed by atoms with Crippen LogP contribution in [-0.2, 0) is 0 Å². The summed E-state index contributed by atoms with van der Waals surface area (Å²) in [5.74, 6) is 0.668. The van der Waals surface area contributed by atoms with Gasteiger partial charge in [0.05, 0.1) is 34.3 Å². The molecule has 8 aromatic carbocycles. The minimum atomic E-state index is 0.668. The SMILES string of the molecule is c1ccc(-c2nc(-c3ccc(-c4cc5c(-c6ccccc6)nc6ccccc6c5c5nsnc45)cc3)cc(-c3ccc(-c4cccc5c4oc4ccccc45)cc3)n2)cc1. The van der Waals surface area contributed by atoms with Gasteiger partial charge in [-0.2, -0.15) is 8.75 Å². The number of fused-ring (bicyclic) bond motifs is 8. The predicted molar refractivity (Wildman–Crippen MR) is 246 cm³/mol. The summed E-state index contributed by atoms with van der Waals surface area (Å²) in [5, 5.41) is 5.42. The number of nitrogens with zero attached hydrogens (tertiary/aromatic N) is 5. The fourth-order valence-electron chi connectivity index (χ4n) is 8.48. The van der Waals surface area contributed by atoms with Gasteiger partial charge < -0.3 is 4.42 Å². The molecule has 4 heterocycles. The second-order valence-electron chi connectivity index (χ2n) is 14.9. The summed E-state index contributed by atoms with van der Waals surface area (Å²) in [4.78, 5) is 15.4. The lowest BCUT2D eigenvalue weighted by Crippen LogP contribution is -1.96. The Morgan fingerprint density at radius 3 is 1.70 bits per heavy atom. The number of furan rings is 1. The summed E-state index contributed by atoms with van der Waals surface area (Å²) in [5.41, 5.74) is 15.3. The highest BCUT2D eigenvalue weighted by molar-refractivity contribution is 7.00. The summed E-state index contributed by atoms with van der Waals surface area (Å²) < 4.78 is 16.1. The van der Waals surface area contributed by atoms with Crippen molar-refractivity contribution in [3.05, 3.63) is 188 Å². The molecule has 6 nitrogen and oxygen atoms in total. The Hall–Kier alpha value is -7.87. The molecule has 0 amide bonds. The van der Waals surface area contributed by atoms with E-state index in [0.29, 0.717) is 5.82 Å². The number of rotatable bonds is 6. The van der Waals surface area contributed by atoms with Crippen LogP contribution in [0.3, 0.4) is 0 Å². The molecule has 0 atom stereocenters. The molecule has 0 aliphatic heterocycles. The number of benzene rings is 8. The molecule has 0 unspecified atom stereocenters. The summed E-state index contributed by atoms with van der Waals surface area (Å²) in [6.07, 6.45) is 0. The summed E-state index contributed by atoms with van der Waals surface area (Å²) in [6, 6.07) is 64.8. The fraction of sp³-hybridized carbons (Fsp3) is 0. The van der Waals surface area contributed by atoms with E-state index in [1.807, 2.05) is 42.5 Å². The number of aromatic nitrogens is 5. The highest BCUT2D eigenvalue weighted by Gasteiger charge is 2.20. The van der Waals surface area contributed by atoms with Gasteiger partial charge in [0.25, 0.3) is 0 Å². The molecule has 0 aliphatic carbocycles. The van der Waals surface area contributed by atoms with Crippen molar-refractivity contribution in [2.75, 3.05) is 0 Å². The van der Waals surface area contributed by atoms with Gasteiger partial charge in [0, 0.05) is 60.3 Å². The first-order valence-electron chi connectivity index (χ1n) is 19.8. The van der Waals surface area contributed by atoms with E-state index in [-0.39, 0.29) is 0 Å². The second kappa shape index (κ2) is 13.9. The van der Waals surface area contributed by atoms with Gasteiger partial charge in [-0.1, -0.05) is 164 Å². The molecule has 4 aromatic heterocycles. The monoisotopic (exact) mass is 785 g/mol. The third kappa shape index (κ3) is 5.67. The maximum absolute atomic E-state index is 6.36. The number of hydrogen-bond donors (Lipinski definition) is 0. The van der Waals surface area contributed by atoms with Crippen molar-refractivity contribution in [1.82, 2.24) is 23.7 Å². The minimum absolute atomic E-state index is 0.668. The zero-order valence-corrected chi connectivity index (χ0v) is 32.8. The van der Waals surface area contributed by atoms with Crippen LogP contribution in [0.2, 0.25) is 0 Å². The van der Waals surface area contributed by atoms with E-state index < -0.39 is 0 Å². The predicted octanol–water partition coefficient (Wildman–Crippen LogP) is 14.1. The minimum Gasteiger partial charge on any atom is -0.455 e. The molecule has 0 saturated heterocycles. The molecule has 7 heteroatoms. The van der Waals surface area contributed by atoms with Gasteiger partial charge in [-0.25, -0.2) is 15.0 Å². The summed E-state index contributed by atoms with van der Waals surface area (Å²) in [7, 11) is 0. The van der Waals surface area contributed by atoms with Crippen LogP contribution in [0, 0.1) is 0 Å². The highest BCUT2D eigenvalue weighted by Crippen LogP contribution is 2.42. The Labute approximate surface area is 348 Å². The van der Waals surface area contributed by atoms with Crippen molar-refractivity contribution in [2.45, 2.75) is 0 Å². The third-order valence-electron chi connectivity index (χ3n) is 11.4. The second-order valence-corrected chi connectivity index (χ2v) is 15.4. The molecule has 12 rings (SSSR count). The zero-order chi connectivity index (χ0) is 39.6. The molecule has 0 fully saturated rings. The Balaban J connectivity index is 0.958. The van der Waals surface area contributed by atoms with E-state index in [1.54, 1.807) is 0 Å². The molecular formula is C53H31N5OS. The summed E-state index contributed by atoms with van der Waals surface area (Å²) >= 11 is 1.24. The first-order chi connectivity index (χ1) is 29.7. The van der Waals surface area contributed by atoms with Gasteiger partial charge in [-0.05, 0) is 35.4 Å². The molecule has 280 valence electrons. The van der Waals surface area contributed by atoms with Gasteiger partial charge >= 0.3 is 0 Å². The van der Waals surface area contributed by atoms with Crippen LogP contribution in [0.4, 0.5) is 0 Å². The molecule has 0 bridgehead atoms. The van der Waals surface area contributed by atoms with Gasteiger partial charge in [-0.15, -0.1) is 0 Å². The largest absolute Gasteiger partial charge is 0.455 e. The molecule has 12 aromatic rings. The van der Waals surface area contributed by atoms with E-state index in [0.717, 1.165) is 116 Å². The molecule has 0 spiro atoms. The number of pyridine rings is 1. The lowest BCUT2D eigenvalue weighted by atomic mass is 9.93. The van der Waals surface area contributed by atoms with Crippen LogP contribution >= 0.6 is 11.7 Å². The first kappa shape index (κ1) is 34.2. The maximum atomic E-state index is 6.36. The maximum Gasteiger partial charge on any atom is 0.160 e. The molecule has 0 N–H and O–H groups in total. The van der Waals surface area contributed by atoms with Crippen molar-refractivity contribution < 1.29 is 4.42 Å². The van der Waals surface area contributed by atoms with Crippen LogP contribution < -0.4 is 0 Å². The van der Waals surface area contributed by atoms with Gasteiger partial charge in [0.15, 0.2) is 5.82 Å². The van der Waals surface area contributed by atoms with Crippen molar-refractivity contribution in [1.29, 1.82) is 0 Å². The van der Waals surface area contributed by atoms with Crippen LogP contribution in [0.25, 0.3) is 122 Å². The Bertz CT molecular complexity index is 3580. The normalized spacial score (nSPS) is 11.7. The van der Waals surface area contributed by atoms with Crippen LogP contribution in [0.1, 0.15) is 0 Å². The molecule has 0 saturated carbocycles. The smallest absolute Gasteiger partial charge is 0.160 e. The van der Waals surface area contributed by atoms with Crippen LogP contribution in [-0.4, -0.2) is 23.7 Å². The molecule has 60 heavy (non-hydrogen) atoms. The fourth-order valence-corrected chi connectivity index (χ4v) is 9.04. The van der Waals surface area contributed by atoms with E-state index in [4.69, 9.17) is 28.1 Å². The number of para-hydroxylation sites is 3. The summed E-state index contributed by atoms with van der Waals surface area (Å²) in [6.45, 7) is 0. The van der Waals surface area contributed by atoms with E-state index in [9.17, 15) is 0 Å². The first-order valence-corrected chi connectivity index (χ1v) is 20.6. The van der Waals surface area contributed by atoms with Crippen LogP contribution in [0.5, 0.6) is 0 Å². The van der Waals surface area contributed by atoms with E-state index >= 15 is 0 Å². The average molecular weight is 786 g/mol. The lowest BCUT2D eigenvalue weighted by molar-refractivity contribution is 0.670. The lowest BCUT2D eigenvalue weighted by Gasteiger charge is -2.13. The zero-order valence-electron chi connectivity index (χ0n) is 32.0. The van der Waals surface area contributed by atoms with Crippen molar-refractivity contribution in [2.24, 2.45) is 0 Å². The standard InChI is InChI=1S/C53H31N5OS/c1-3-12-36(13-4-1)49-43-30-42(50-51(58-60-57-50)48(43)41-17-7-9-20-44(41)54-49)33-24-28-35(29-25-33)46-31-45(55-53(56-46)37-14-5-2-6-15-37)34-26-22-32(23-27-34)38-18-11-19-40-39-16-8-10-21-47(39)59-52(38)40/h1-31H. The van der Waals surface area contributed by atoms with Crippen molar-refractivity contribution in [3.8, 4) is 67.4 Å². The quantitative estimate of drug-likeness (QED) is 0.156. The molecule has 0 radical (unpaired) electrons. The van der Waals surface area contributed by atoms with Crippen molar-refractivity contribution >= 4 is 66.4 Å². The Kier molecular flexibility index (Phi) is 7.92. The molecule has 0 aliphatic rings. The van der Waals surface area contributed by atoms with Gasteiger partial charge in [0.2, 0.25) is 0 Å². The molecular weight excluding hydrogens is 755 g/mol. The number of hydrogen-bond acceptors (Lipinski definition) is 7. The topological polar surface area (TPSA) is 77.6 Å². The highest BCUT2D eigenvalue weighted by atomic mass is 32.1. The van der Waals surface area contributed by atoms with Crippen molar-refractivity contribution in [3.63, 3.8) is 0 Å². The van der Waals surface area contributed by atoms with Gasteiger partial charge in [0.1, 0.15) is 22.2 Å². The van der Waals surface area contributed by atoms with Gasteiger partial charge in [-0.3, -0.25) is 0 Å². The van der Waals surface area contributed by atoms with E-state index in [1.165, 1.54) is 11.7 Å². The van der Waals surface area contributed by atoms with Crippen LogP contribution in [0.15, 0.2) is 192 Å². The third-order valence-corrected chi connectivity index (χ3v) is 11.9. The van der Waals surface area contributed by atoms with E-state index in [2.05, 4.69) is 146 Å². The Morgan fingerprint density at radius 1 is 0.383 bits per heavy atom. The average Bonchev–Trinajstić information content (AvgIpc) is 3.98. The Morgan fingerprint density at radius 2 is 0.967 bits per heavy atom.